The molecular weight excluding hydrogens is 344 g/mol. The second kappa shape index (κ2) is 7.82. The molecule has 27 heavy (non-hydrogen) atoms. The highest BCUT2D eigenvalue weighted by Gasteiger charge is 2.16. The summed E-state index contributed by atoms with van der Waals surface area (Å²) >= 11 is 0. The predicted molar refractivity (Wildman–Crippen MR) is 103 cm³/mol. The SMILES string of the molecule is CNC(=O)Cc1nc2ccccc2n1CC(=O)Nc1cccc(C(C)=O)c1. The molecule has 0 saturated heterocycles. The predicted octanol–water partition coefficient (Wildman–Crippen LogP) is 2.17. The van der Waals surface area contributed by atoms with Crippen LogP contribution in [-0.2, 0) is 22.6 Å². The lowest BCUT2D eigenvalue weighted by Crippen LogP contribution is -2.25. The van der Waals surface area contributed by atoms with Crippen molar-refractivity contribution in [2.45, 2.75) is 19.9 Å². The lowest BCUT2D eigenvalue weighted by molar-refractivity contribution is -0.120. The zero-order valence-corrected chi connectivity index (χ0v) is 15.2. The zero-order valence-electron chi connectivity index (χ0n) is 15.2. The van der Waals surface area contributed by atoms with Gasteiger partial charge in [0, 0.05) is 18.3 Å². The van der Waals surface area contributed by atoms with Crippen molar-refractivity contribution in [1.82, 2.24) is 14.9 Å². The maximum absolute atomic E-state index is 12.6. The van der Waals surface area contributed by atoms with Crippen molar-refractivity contribution in [1.29, 1.82) is 0 Å². The normalized spacial score (nSPS) is 10.6. The highest BCUT2D eigenvalue weighted by atomic mass is 16.2. The molecule has 2 amide bonds. The number of imidazole rings is 1. The third-order valence-corrected chi connectivity index (χ3v) is 4.19. The average molecular weight is 364 g/mol. The maximum atomic E-state index is 12.6. The average Bonchev–Trinajstić information content (AvgIpc) is 2.99. The van der Waals surface area contributed by atoms with Gasteiger partial charge in [-0.05, 0) is 31.2 Å². The second-order valence-corrected chi connectivity index (χ2v) is 6.14. The molecule has 0 atom stereocenters. The van der Waals surface area contributed by atoms with Crippen LogP contribution in [-0.4, -0.2) is 34.2 Å². The number of amides is 2. The van der Waals surface area contributed by atoms with Crippen LogP contribution in [0.5, 0.6) is 0 Å². The van der Waals surface area contributed by atoms with E-state index in [1.807, 2.05) is 24.3 Å². The molecule has 138 valence electrons. The van der Waals surface area contributed by atoms with E-state index in [0.29, 0.717) is 17.1 Å². The molecule has 3 rings (SSSR count). The van der Waals surface area contributed by atoms with Gasteiger partial charge >= 0.3 is 0 Å². The highest BCUT2D eigenvalue weighted by Crippen LogP contribution is 2.17. The largest absolute Gasteiger partial charge is 0.359 e. The van der Waals surface area contributed by atoms with Crippen molar-refractivity contribution in [3.05, 3.63) is 59.9 Å². The van der Waals surface area contributed by atoms with Crippen molar-refractivity contribution < 1.29 is 14.4 Å². The van der Waals surface area contributed by atoms with Crippen molar-refractivity contribution in [2.75, 3.05) is 12.4 Å². The molecule has 1 aromatic heterocycles. The number of fused-ring (bicyclic) bond motifs is 1. The minimum Gasteiger partial charge on any atom is -0.359 e. The van der Waals surface area contributed by atoms with Gasteiger partial charge in [-0.1, -0.05) is 24.3 Å². The van der Waals surface area contributed by atoms with Gasteiger partial charge in [0.25, 0.3) is 0 Å². The van der Waals surface area contributed by atoms with E-state index in [4.69, 9.17) is 0 Å². The minimum absolute atomic E-state index is 0.0111. The van der Waals surface area contributed by atoms with Crippen molar-refractivity contribution in [3.8, 4) is 0 Å². The van der Waals surface area contributed by atoms with Gasteiger partial charge in [-0.15, -0.1) is 0 Å². The van der Waals surface area contributed by atoms with E-state index >= 15 is 0 Å². The number of Topliss-reactive ketones (excluding diaryl/α,β-unsaturated/α-hetero) is 1. The number of anilines is 1. The number of benzene rings is 2. The first-order valence-electron chi connectivity index (χ1n) is 8.53. The van der Waals surface area contributed by atoms with Crippen LogP contribution in [0.1, 0.15) is 23.1 Å². The molecule has 7 heteroatoms. The summed E-state index contributed by atoms with van der Waals surface area (Å²) in [6.07, 6.45) is 0.0816. The van der Waals surface area contributed by atoms with Gasteiger partial charge in [0.05, 0.1) is 17.5 Å². The molecule has 0 aliphatic heterocycles. The summed E-state index contributed by atoms with van der Waals surface area (Å²) in [5, 5.41) is 5.36. The number of para-hydroxylation sites is 2. The lowest BCUT2D eigenvalue weighted by atomic mass is 10.1. The van der Waals surface area contributed by atoms with Crippen molar-refractivity contribution in [3.63, 3.8) is 0 Å². The Morgan fingerprint density at radius 2 is 1.81 bits per heavy atom. The van der Waals surface area contributed by atoms with E-state index in [9.17, 15) is 14.4 Å². The number of hydrogen-bond acceptors (Lipinski definition) is 4. The summed E-state index contributed by atoms with van der Waals surface area (Å²) in [5.41, 5.74) is 2.58. The number of carbonyl (C=O) groups excluding carboxylic acids is 3. The molecule has 7 nitrogen and oxygen atoms in total. The molecule has 0 spiro atoms. The standard InChI is InChI=1S/C20H20N4O3/c1-13(25)14-6-5-7-15(10-14)22-20(27)12-24-17-9-4-3-8-16(17)23-18(24)11-19(26)21-2/h3-10H,11-12H2,1-2H3,(H,21,26)(H,22,27). The number of ketones is 1. The van der Waals surface area contributed by atoms with E-state index in [1.54, 1.807) is 35.9 Å². The smallest absolute Gasteiger partial charge is 0.244 e. The number of hydrogen-bond donors (Lipinski definition) is 2. The van der Waals surface area contributed by atoms with Crippen LogP contribution in [0.15, 0.2) is 48.5 Å². The first-order chi connectivity index (χ1) is 13.0. The van der Waals surface area contributed by atoms with Crippen LogP contribution in [0, 0.1) is 0 Å². The Morgan fingerprint density at radius 3 is 2.56 bits per heavy atom. The summed E-state index contributed by atoms with van der Waals surface area (Å²) in [7, 11) is 1.56. The summed E-state index contributed by atoms with van der Waals surface area (Å²) in [6.45, 7) is 1.49. The summed E-state index contributed by atoms with van der Waals surface area (Å²) in [5.74, 6) is 0.000823. The van der Waals surface area contributed by atoms with Gasteiger partial charge in [0.15, 0.2) is 5.78 Å². The van der Waals surface area contributed by atoms with E-state index in [2.05, 4.69) is 15.6 Å². The highest BCUT2D eigenvalue weighted by molar-refractivity contribution is 5.97. The van der Waals surface area contributed by atoms with Crippen LogP contribution in [0.3, 0.4) is 0 Å². The number of carbonyl (C=O) groups is 3. The molecule has 0 saturated carbocycles. The zero-order chi connectivity index (χ0) is 19.4. The molecule has 0 aliphatic rings. The molecule has 3 aromatic rings. The van der Waals surface area contributed by atoms with E-state index < -0.39 is 0 Å². The van der Waals surface area contributed by atoms with E-state index in [-0.39, 0.29) is 30.6 Å². The fourth-order valence-corrected chi connectivity index (χ4v) is 2.83. The number of aromatic nitrogens is 2. The third-order valence-electron chi connectivity index (χ3n) is 4.19. The number of rotatable bonds is 6. The molecular formula is C20H20N4O3. The lowest BCUT2D eigenvalue weighted by Gasteiger charge is -2.10. The molecule has 2 N–H and O–H groups in total. The molecule has 0 bridgehead atoms. The summed E-state index contributed by atoms with van der Waals surface area (Å²) < 4.78 is 1.73. The Kier molecular flexibility index (Phi) is 5.30. The van der Waals surface area contributed by atoms with Gasteiger partial charge in [0.2, 0.25) is 11.8 Å². The Balaban J connectivity index is 1.85. The number of likely N-dealkylation sites (N-methyl/N-ethyl adjacent to an activating group) is 1. The van der Waals surface area contributed by atoms with Gasteiger partial charge in [-0.25, -0.2) is 4.98 Å². The first kappa shape index (κ1) is 18.3. The Morgan fingerprint density at radius 1 is 1.04 bits per heavy atom. The minimum atomic E-state index is -0.267. The maximum Gasteiger partial charge on any atom is 0.244 e. The first-order valence-corrected chi connectivity index (χ1v) is 8.53. The topological polar surface area (TPSA) is 93.1 Å². The Labute approximate surface area is 156 Å². The molecule has 0 radical (unpaired) electrons. The van der Waals surface area contributed by atoms with Crippen LogP contribution in [0.4, 0.5) is 5.69 Å². The van der Waals surface area contributed by atoms with Gasteiger partial charge in [-0.2, -0.15) is 0 Å². The fourth-order valence-electron chi connectivity index (χ4n) is 2.83. The summed E-state index contributed by atoms with van der Waals surface area (Å²) in [6, 6.07) is 14.2. The molecule has 2 aromatic carbocycles. The van der Waals surface area contributed by atoms with Crippen LogP contribution < -0.4 is 10.6 Å². The van der Waals surface area contributed by atoms with E-state index in [1.165, 1.54) is 6.92 Å². The quantitative estimate of drug-likeness (QED) is 0.656. The molecule has 0 fully saturated rings. The second-order valence-electron chi connectivity index (χ2n) is 6.14. The Bertz CT molecular complexity index is 1020. The van der Waals surface area contributed by atoms with Crippen LogP contribution >= 0.6 is 0 Å². The van der Waals surface area contributed by atoms with Gasteiger partial charge in [0.1, 0.15) is 12.4 Å². The number of nitrogens with one attached hydrogen (secondary N) is 2. The van der Waals surface area contributed by atoms with Gasteiger partial charge < -0.3 is 15.2 Å². The fraction of sp³-hybridized carbons (Fsp3) is 0.200. The molecule has 0 aliphatic carbocycles. The van der Waals surface area contributed by atoms with Crippen molar-refractivity contribution >= 4 is 34.3 Å². The monoisotopic (exact) mass is 364 g/mol. The summed E-state index contributed by atoms with van der Waals surface area (Å²) in [4.78, 5) is 40.3. The Hall–Kier alpha value is -3.48. The van der Waals surface area contributed by atoms with E-state index in [0.717, 1.165) is 11.0 Å². The van der Waals surface area contributed by atoms with Gasteiger partial charge in [-0.3, -0.25) is 14.4 Å². The third kappa shape index (κ3) is 4.20. The number of nitrogens with zero attached hydrogens (tertiary/aromatic N) is 2. The molecule has 0 unspecified atom stereocenters. The molecule has 1 heterocycles. The van der Waals surface area contributed by atoms with Crippen molar-refractivity contribution in [2.24, 2.45) is 0 Å². The van der Waals surface area contributed by atoms with Crippen LogP contribution in [0.25, 0.3) is 11.0 Å². The van der Waals surface area contributed by atoms with Crippen LogP contribution in [0.2, 0.25) is 0 Å².